The monoisotopic (exact) mass is 385 g/mol. The number of benzene rings is 2. The second-order valence-corrected chi connectivity index (χ2v) is 7.35. The molecule has 0 heterocycles. The molecule has 0 bridgehead atoms. The zero-order valence-corrected chi connectivity index (χ0v) is 16.5. The van der Waals surface area contributed by atoms with E-state index < -0.39 is 7.60 Å². The van der Waals surface area contributed by atoms with Gasteiger partial charge >= 0.3 is 7.60 Å². The van der Waals surface area contributed by atoms with Gasteiger partial charge in [0.05, 0.1) is 7.11 Å². The Hall–Kier alpha value is -1.30. The predicted octanol–water partition coefficient (Wildman–Crippen LogP) is 4.11. The van der Waals surface area contributed by atoms with Gasteiger partial charge in [-0.3, -0.25) is 4.57 Å². The van der Waals surface area contributed by atoms with Crippen molar-refractivity contribution in [1.29, 1.82) is 0 Å². The third-order valence-corrected chi connectivity index (χ3v) is 4.49. The Balaban J connectivity index is 0.000000426. The van der Waals surface area contributed by atoms with Crippen molar-refractivity contribution in [1.82, 2.24) is 0 Å². The molecule has 2 rings (SSSR count). The summed E-state index contributed by atoms with van der Waals surface area (Å²) in [6.45, 7) is 0. The molecule has 4 N–H and O–H groups in total. The van der Waals surface area contributed by atoms with Crippen LogP contribution in [0.4, 0.5) is 0 Å². The number of thiocarbonyl (C=S) groups is 1. The smallest absolute Gasteiger partial charge is 0.325 e. The van der Waals surface area contributed by atoms with Crippen LogP contribution in [0.15, 0.2) is 48.5 Å². The van der Waals surface area contributed by atoms with Gasteiger partial charge in [-0.05, 0) is 42.9 Å². The Morgan fingerprint density at radius 3 is 1.80 bits per heavy atom. The molecule has 140 valence electrons. The standard InChI is InChI=1S/C10H8.C7H15O4PS.CH5N/c1-2-6-10-8-4-3-7-9(10)5-1;1-11-7(13)5-3-2-4-6-12(8,9)10;1-2/h1-8H;2-6H2,1H3,(H2,8,9,10);2H2,1H3. The molecule has 0 radical (unpaired) electrons. The quantitative estimate of drug-likeness (QED) is 0.394. The van der Waals surface area contributed by atoms with Crippen LogP contribution in [0.5, 0.6) is 0 Å². The molecule has 0 amide bonds. The van der Waals surface area contributed by atoms with Crippen molar-refractivity contribution in [2.24, 2.45) is 5.73 Å². The number of hydrogen-bond donors (Lipinski definition) is 3. The first kappa shape index (κ1) is 23.7. The highest BCUT2D eigenvalue weighted by atomic mass is 32.1. The zero-order valence-electron chi connectivity index (χ0n) is 14.8. The van der Waals surface area contributed by atoms with Gasteiger partial charge in [0.15, 0.2) is 5.05 Å². The van der Waals surface area contributed by atoms with E-state index in [-0.39, 0.29) is 6.16 Å². The Bertz CT molecular complexity index is 595. The van der Waals surface area contributed by atoms with E-state index in [0.717, 1.165) is 12.8 Å². The molecule has 0 aliphatic carbocycles. The van der Waals surface area contributed by atoms with Crippen molar-refractivity contribution in [2.75, 3.05) is 20.3 Å². The SMILES string of the molecule is CN.COC(=S)CCCCCP(=O)(O)O.c1ccc2ccccc2c1. The van der Waals surface area contributed by atoms with Gasteiger partial charge in [0, 0.05) is 12.6 Å². The topological polar surface area (TPSA) is 92.8 Å². The molecule has 0 aromatic heterocycles. The largest absolute Gasteiger partial charge is 0.490 e. The van der Waals surface area contributed by atoms with Crippen LogP contribution in [-0.4, -0.2) is 35.2 Å². The number of nitrogens with two attached hydrogens (primary N) is 1. The first-order valence-electron chi connectivity index (χ1n) is 8.05. The van der Waals surface area contributed by atoms with Crippen LogP contribution in [0.1, 0.15) is 25.7 Å². The molecule has 0 saturated carbocycles. The highest BCUT2D eigenvalue weighted by Crippen LogP contribution is 2.35. The summed E-state index contributed by atoms with van der Waals surface area (Å²) in [5.41, 5.74) is 4.50. The van der Waals surface area contributed by atoms with E-state index in [1.165, 1.54) is 24.9 Å². The van der Waals surface area contributed by atoms with Gasteiger partial charge in [0.2, 0.25) is 0 Å². The predicted molar refractivity (Wildman–Crippen MR) is 109 cm³/mol. The van der Waals surface area contributed by atoms with Gasteiger partial charge in [0.25, 0.3) is 0 Å². The highest BCUT2D eigenvalue weighted by molar-refractivity contribution is 7.80. The first-order valence-corrected chi connectivity index (χ1v) is 10.3. The summed E-state index contributed by atoms with van der Waals surface area (Å²) in [4.78, 5) is 17.1. The number of fused-ring (bicyclic) bond motifs is 1. The normalized spacial score (nSPS) is 10.1. The van der Waals surface area contributed by atoms with Crippen LogP contribution < -0.4 is 5.73 Å². The fraction of sp³-hybridized carbons (Fsp3) is 0.389. The molecule has 0 saturated heterocycles. The molecule has 0 aliphatic rings. The molecule has 25 heavy (non-hydrogen) atoms. The van der Waals surface area contributed by atoms with Crippen molar-refractivity contribution in [3.63, 3.8) is 0 Å². The lowest BCUT2D eigenvalue weighted by molar-refractivity contribution is 0.370. The molecule has 0 unspecified atom stereocenters. The number of ether oxygens (including phenoxy) is 1. The van der Waals surface area contributed by atoms with Crippen LogP contribution in [0.25, 0.3) is 10.8 Å². The number of hydrogen-bond acceptors (Lipinski definition) is 4. The van der Waals surface area contributed by atoms with Gasteiger partial charge < -0.3 is 20.3 Å². The summed E-state index contributed by atoms with van der Waals surface area (Å²) in [6, 6.07) is 16.7. The average Bonchev–Trinajstić information content (AvgIpc) is 2.62. The lowest BCUT2D eigenvalue weighted by Crippen LogP contribution is -1.97. The van der Waals surface area contributed by atoms with Gasteiger partial charge in [-0.15, -0.1) is 0 Å². The number of unbranched alkanes of at least 4 members (excludes halogenated alkanes) is 2. The van der Waals surface area contributed by atoms with Crippen LogP contribution in [0, 0.1) is 0 Å². The number of methoxy groups -OCH3 is 1. The molecular formula is C18H28NO4PS. The van der Waals surface area contributed by atoms with Crippen LogP contribution in [0.2, 0.25) is 0 Å². The summed E-state index contributed by atoms with van der Waals surface area (Å²) in [6.07, 6.45) is 2.79. The summed E-state index contributed by atoms with van der Waals surface area (Å²) < 4.78 is 15.2. The molecular weight excluding hydrogens is 357 g/mol. The summed E-state index contributed by atoms with van der Waals surface area (Å²) in [7, 11) is -0.775. The average molecular weight is 385 g/mol. The molecule has 0 spiro atoms. The van der Waals surface area contributed by atoms with Crippen LogP contribution in [0.3, 0.4) is 0 Å². The van der Waals surface area contributed by atoms with E-state index in [9.17, 15) is 4.57 Å². The Labute approximate surface area is 155 Å². The fourth-order valence-electron chi connectivity index (χ4n) is 2.00. The molecule has 7 heteroatoms. The van der Waals surface area contributed by atoms with Crippen LogP contribution >= 0.6 is 19.8 Å². The molecule has 0 aliphatic heterocycles. The van der Waals surface area contributed by atoms with Crippen LogP contribution in [-0.2, 0) is 9.30 Å². The van der Waals surface area contributed by atoms with Gasteiger partial charge in [-0.1, -0.05) is 55.0 Å². The Morgan fingerprint density at radius 1 is 1.00 bits per heavy atom. The molecule has 2 aromatic rings. The van der Waals surface area contributed by atoms with E-state index in [4.69, 9.17) is 26.7 Å². The van der Waals surface area contributed by atoms with E-state index >= 15 is 0 Å². The number of rotatable bonds is 6. The lowest BCUT2D eigenvalue weighted by Gasteiger charge is -2.03. The second-order valence-electron chi connectivity index (χ2n) is 5.12. The lowest BCUT2D eigenvalue weighted by atomic mass is 10.1. The summed E-state index contributed by atoms with van der Waals surface area (Å²) in [5, 5.41) is 3.17. The van der Waals surface area contributed by atoms with Crippen molar-refractivity contribution >= 4 is 35.6 Å². The minimum absolute atomic E-state index is 0.0350. The molecule has 0 fully saturated rings. The van der Waals surface area contributed by atoms with E-state index in [1.807, 2.05) is 0 Å². The first-order chi connectivity index (χ1) is 11.9. The Morgan fingerprint density at radius 2 is 1.44 bits per heavy atom. The molecule has 0 atom stereocenters. The minimum atomic E-state index is -3.80. The second kappa shape index (κ2) is 13.9. The van der Waals surface area contributed by atoms with Crippen molar-refractivity contribution in [2.45, 2.75) is 25.7 Å². The van der Waals surface area contributed by atoms with Crippen molar-refractivity contribution in [3.8, 4) is 0 Å². The van der Waals surface area contributed by atoms with Crippen molar-refractivity contribution in [3.05, 3.63) is 48.5 Å². The molecule has 2 aromatic carbocycles. The minimum Gasteiger partial charge on any atom is -0.490 e. The van der Waals surface area contributed by atoms with Gasteiger partial charge in [-0.2, -0.15) is 0 Å². The van der Waals surface area contributed by atoms with Gasteiger partial charge in [0.1, 0.15) is 0 Å². The van der Waals surface area contributed by atoms with E-state index in [2.05, 4.69) is 54.3 Å². The maximum Gasteiger partial charge on any atom is 0.325 e. The molecule has 5 nitrogen and oxygen atoms in total. The Kier molecular flexibility index (Phi) is 13.2. The maximum absolute atomic E-state index is 10.4. The van der Waals surface area contributed by atoms with E-state index in [1.54, 1.807) is 0 Å². The third-order valence-electron chi connectivity index (χ3n) is 3.22. The zero-order chi connectivity index (χ0) is 19.1. The van der Waals surface area contributed by atoms with Crippen molar-refractivity contribution < 1.29 is 19.1 Å². The summed E-state index contributed by atoms with van der Waals surface area (Å²) in [5.74, 6) is 0. The third kappa shape index (κ3) is 12.7. The maximum atomic E-state index is 10.4. The highest BCUT2D eigenvalue weighted by Gasteiger charge is 2.11. The van der Waals surface area contributed by atoms with Gasteiger partial charge in [-0.25, -0.2) is 0 Å². The van der Waals surface area contributed by atoms with E-state index in [0.29, 0.717) is 17.9 Å². The summed E-state index contributed by atoms with van der Waals surface area (Å²) >= 11 is 4.80. The fourth-order valence-corrected chi connectivity index (χ4v) is 2.78.